The van der Waals surface area contributed by atoms with Gasteiger partial charge in [-0.2, -0.15) is 0 Å². The molecule has 6 atom stereocenters. The van der Waals surface area contributed by atoms with Gasteiger partial charge in [-0.1, -0.05) is 29.8 Å². The van der Waals surface area contributed by atoms with E-state index >= 15 is 0 Å². The van der Waals surface area contributed by atoms with E-state index in [1.54, 1.807) is 24.3 Å². The molecule has 2 aliphatic rings. The van der Waals surface area contributed by atoms with Crippen molar-refractivity contribution in [1.29, 1.82) is 0 Å². The molecule has 4 rings (SSSR count). The highest BCUT2D eigenvalue weighted by Gasteiger charge is 2.67. The predicted molar refractivity (Wildman–Crippen MR) is 110 cm³/mol. The second-order valence-corrected chi connectivity index (χ2v) is 8.21. The zero-order valence-electron chi connectivity index (χ0n) is 16.8. The Kier molecular flexibility index (Phi) is 6.01. The molecule has 2 heterocycles. The van der Waals surface area contributed by atoms with Crippen LogP contribution in [-0.2, 0) is 15.3 Å². The lowest BCUT2D eigenvalue weighted by atomic mass is 9.83. The Morgan fingerprint density at radius 2 is 1.84 bits per heavy atom. The molecule has 0 spiro atoms. The minimum Gasteiger partial charge on any atom is -0.494 e. The van der Waals surface area contributed by atoms with Crippen molar-refractivity contribution in [3.05, 3.63) is 64.2 Å². The highest BCUT2D eigenvalue weighted by molar-refractivity contribution is 6.31. The molecule has 0 aliphatic carbocycles. The number of benzene rings is 2. The maximum Gasteiger partial charge on any atom is 0.225 e. The molecule has 2 saturated heterocycles. The summed E-state index contributed by atoms with van der Waals surface area (Å²) in [6.45, 7) is 1.55. The van der Waals surface area contributed by atoms with Gasteiger partial charge in [-0.05, 0) is 36.8 Å². The lowest BCUT2D eigenvalue weighted by Crippen LogP contribution is -2.65. The number of rotatable bonds is 6. The van der Waals surface area contributed by atoms with Crippen molar-refractivity contribution in [2.24, 2.45) is 0 Å². The SMILES string of the molecule is CCOc1ccc([C@H](O)c2cc([C@]34OC[C@](CO)(O3)[C@@H](O)[C@H](O)[C@H]4O)ccc2Cl)cc1. The Balaban J connectivity index is 1.71. The molecule has 5 N–H and O–H groups in total. The third-order valence-electron chi connectivity index (χ3n) is 5.93. The third kappa shape index (κ3) is 3.53. The summed E-state index contributed by atoms with van der Waals surface area (Å²) >= 11 is 6.34. The van der Waals surface area contributed by atoms with Crippen molar-refractivity contribution in [1.82, 2.24) is 0 Å². The van der Waals surface area contributed by atoms with Gasteiger partial charge in [-0.15, -0.1) is 0 Å². The fourth-order valence-electron chi connectivity index (χ4n) is 4.14. The number of aliphatic hydroxyl groups is 5. The quantitative estimate of drug-likeness (QED) is 0.436. The highest BCUT2D eigenvalue weighted by atomic mass is 35.5. The first-order valence-electron chi connectivity index (χ1n) is 9.98. The molecular weight excluding hydrogens is 428 g/mol. The summed E-state index contributed by atoms with van der Waals surface area (Å²) in [7, 11) is 0. The minimum atomic E-state index is -1.83. The first-order chi connectivity index (χ1) is 14.8. The zero-order valence-corrected chi connectivity index (χ0v) is 17.6. The third-order valence-corrected chi connectivity index (χ3v) is 6.27. The molecule has 2 aromatic rings. The Hall–Kier alpha value is -1.75. The largest absolute Gasteiger partial charge is 0.494 e. The van der Waals surface area contributed by atoms with Crippen LogP contribution in [0.1, 0.15) is 29.7 Å². The molecule has 0 saturated carbocycles. The number of ether oxygens (including phenoxy) is 3. The van der Waals surface area contributed by atoms with Gasteiger partial charge >= 0.3 is 0 Å². The van der Waals surface area contributed by atoms with Crippen LogP contribution in [-0.4, -0.2) is 69.3 Å². The average molecular weight is 453 g/mol. The molecule has 2 aliphatic heterocycles. The van der Waals surface area contributed by atoms with Gasteiger partial charge in [0.05, 0.1) is 19.8 Å². The van der Waals surface area contributed by atoms with Crippen LogP contribution < -0.4 is 4.74 Å². The minimum absolute atomic E-state index is 0.238. The van der Waals surface area contributed by atoms with Crippen LogP contribution in [0, 0.1) is 0 Å². The molecule has 0 unspecified atom stereocenters. The molecule has 168 valence electrons. The van der Waals surface area contributed by atoms with Crippen molar-refractivity contribution in [2.45, 2.75) is 42.7 Å². The first-order valence-corrected chi connectivity index (χ1v) is 10.4. The van der Waals surface area contributed by atoms with Crippen molar-refractivity contribution >= 4 is 11.6 Å². The summed E-state index contributed by atoms with van der Waals surface area (Å²) in [6, 6.07) is 11.5. The lowest BCUT2D eigenvalue weighted by molar-refractivity contribution is -0.329. The molecular formula is C22H25ClO8. The van der Waals surface area contributed by atoms with Crippen LogP contribution in [0.4, 0.5) is 0 Å². The fourth-order valence-corrected chi connectivity index (χ4v) is 4.36. The number of hydrogen-bond acceptors (Lipinski definition) is 8. The van der Waals surface area contributed by atoms with Gasteiger partial charge in [0.25, 0.3) is 0 Å². The monoisotopic (exact) mass is 452 g/mol. The number of hydrogen-bond donors (Lipinski definition) is 5. The van der Waals surface area contributed by atoms with E-state index in [1.807, 2.05) is 6.92 Å². The zero-order chi connectivity index (χ0) is 22.4. The smallest absolute Gasteiger partial charge is 0.225 e. The summed E-state index contributed by atoms with van der Waals surface area (Å²) in [5.41, 5.74) is -0.394. The van der Waals surface area contributed by atoms with E-state index in [0.717, 1.165) is 0 Å². The maximum absolute atomic E-state index is 10.9. The van der Waals surface area contributed by atoms with Crippen molar-refractivity contribution < 1.29 is 39.7 Å². The van der Waals surface area contributed by atoms with E-state index in [9.17, 15) is 25.5 Å². The fraction of sp³-hybridized carbons (Fsp3) is 0.455. The summed E-state index contributed by atoms with van der Waals surface area (Å²) in [5, 5.41) is 52.4. The highest BCUT2D eigenvalue weighted by Crippen LogP contribution is 2.50. The van der Waals surface area contributed by atoms with E-state index in [4.69, 9.17) is 25.8 Å². The Bertz CT molecular complexity index is 938. The first kappa shape index (κ1) is 22.4. The van der Waals surface area contributed by atoms with Gasteiger partial charge < -0.3 is 39.7 Å². The van der Waals surface area contributed by atoms with E-state index < -0.39 is 42.4 Å². The molecule has 9 heteroatoms. The molecule has 31 heavy (non-hydrogen) atoms. The van der Waals surface area contributed by atoms with Crippen LogP contribution in [0.2, 0.25) is 5.02 Å². The van der Waals surface area contributed by atoms with E-state index in [1.165, 1.54) is 18.2 Å². The van der Waals surface area contributed by atoms with Gasteiger partial charge in [0.15, 0.2) is 0 Å². The number of fused-ring (bicyclic) bond motifs is 2. The lowest BCUT2D eigenvalue weighted by Gasteiger charge is -2.46. The molecule has 0 radical (unpaired) electrons. The van der Waals surface area contributed by atoms with Crippen molar-refractivity contribution in [3.63, 3.8) is 0 Å². The van der Waals surface area contributed by atoms with Crippen LogP contribution >= 0.6 is 11.6 Å². The Labute approximate surface area is 184 Å². The predicted octanol–water partition coefficient (Wildman–Crippen LogP) is 0.847. The van der Waals surface area contributed by atoms with Crippen LogP contribution in [0.15, 0.2) is 42.5 Å². The Morgan fingerprint density at radius 3 is 2.48 bits per heavy atom. The van der Waals surface area contributed by atoms with Crippen LogP contribution in [0.25, 0.3) is 0 Å². The number of halogens is 1. The molecule has 8 nitrogen and oxygen atoms in total. The van der Waals surface area contributed by atoms with E-state index in [0.29, 0.717) is 23.5 Å². The molecule has 0 amide bonds. The number of aliphatic hydroxyl groups excluding tert-OH is 5. The second kappa shape index (κ2) is 8.31. The Morgan fingerprint density at radius 1 is 1.13 bits per heavy atom. The molecule has 0 aromatic heterocycles. The van der Waals surface area contributed by atoms with Gasteiger partial charge in [0.2, 0.25) is 5.79 Å². The molecule has 2 fully saturated rings. The summed E-state index contributed by atoms with van der Waals surface area (Å²) in [4.78, 5) is 0. The van der Waals surface area contributed by atoms with Gasteiger partial charge in [0, 0.05) is 16.1 Å². The molecule has 2 aromatic carbocycles. The van der Waals surface area contributed by atoms with Crippen LogP contribution in [0.5, 0.6) is 5.75 Å². The average Bonchev–Trinajstić information content (AvgIpc) is 3.17. The topological polar surface area (TPSA) is 129 Å². The van der Waals surface area contributed by atoms with Gasteiger partial charge in [0.1, 0.15) is 35.8 Å². The van der Waals surface area contributed by atoms with Gasteiger partial charge in [-0.25, -0.2) is 0 Å². The summed E-state index contributed by atoms with van der Waals surface area (Å²) in [5.74, 6) is -1.16. The standard InChI is InChI=1S/C22H25ClO8/c1-2-29-14-6-3-12(4-7-14)17(25)15-9-13(5-8-16(15)23)22-20(28)18(26)19(27)21(10-24,31-22)11-30-22/h3-9,17-20,24-28H,2,10-11H2,1H3/t17-,18-,19-,20+,21-,22-/m0/s1. The normalized spacial score (nSPS) is 33.3. The summed E-state index contributed by atoms with van der Waals surface area (Å²) < 4.78 is 17.0. The van der Waals surface area contributed by atoms with E-state index in [2.05, 4.69) is 0 Å². The van der Waals surface area contributed by atoms with Crippen molar-refractivity contribution in [3.8, 4) is 5.75 Å². The van der Waals surface area contributed by atoms with Gasteiger partial charge in [-0.3, -0.25) is 0 Å². The second-order valence-electron chi connectivity index (χ2n) is 7.80. The van der Waals surface area contributed by atoms with Crippen molar-refractivity contribution in [2.75, 3.05) is 19.8 Å². The van der Waals surface area contributed by atoms with E-state index in [-0.39, 0.29) is 17.2 Å². The molecule has 2 bridgehead atoms. The van der Waals surface area contributed by atoms with Crippen LogP contribution in [0.3, 0.4) is 0 Å². The summed E-state index contributed by atoms with van der Waals surface area (Å²) in [6.07, 6.45) is -5.89. The maximum atomic E-state index is 10.9.